The molecule has 0 radical (unpaired) electrons. The lowest BCUT2D eigenvalue weighted by atomic mass is 10.1. The van der Waals surface area contributed by atoms with Crippen molar-refractivity contribution in [1.82, 2.24) is 10.5 Å². The zero-order valence-electron chi connectivity index (χ0n) is 17.4. The van der Waals surface area contributed by atoms with Crippen molar-refractivity contribution < 1.29 is 14.4 Å². The molecule has 3 rings (SSSR count). The number of hydroxylamine groups is 1. The highest BCUT2D eigenvalue weighted by atomic mass is 32.2. The molecule has 2 N–H and O–H groups in total. The van der Waals surface area contributed by atoms with Crippen molar-refractivity contribution in [2.75, 3.05) is 32.7 Å². The summed E-state index contributed by atoms with van der Waals surface area (Å²) in [6.07, 6.45) is 6.14. The molecule has 1 aliphatic carbocycles. The first-order valence-electron chi connectivity index (χ1n) is 9.84. The number of rotatable bonds is 11. The Hall–Kier alpha value is -1.93. The average molecular weight is 418 g/mol. The van der Waals surface area contributed by atoms with Crippen LogP contribution >= 0.6 is 11.8 Å². The van der Waals surface area contributed by atoms with E-state index in [1.807, 2.05) is 56.2 Å². The van der Waals surface area contributed by atoms with E-state index in [4.69, 9.17) is 9.57 Å². The number of hydrogen-bond acceptors (Lipinski definition) is 7. The molecule has 0 saturated heterocycles. The standard InChI is InChI=1S/C15H21NO3S.C7H10N2/c1-18-9-2-10-19-16-15(11-17)12-3-5-13(6-4-12)20-14-7-8-14;1-6-3-4-7(8-2)9-5-6/h3-6,11,14-16H,2,7-10H2,1H3;3-5H,1-2H3,(H,8,9). The molecule has 1 aromatic carbocycles. The summed E-state index contributed by atoms with van der Waals surface area (Å²) in [5.41, 5.74) is 4.90. The van der Waals surface area contributed by atoms with Crippen LogP contribution < -0.4 is 10.8 Å². The van der Waals surface area contributed by atoms with Crippen LogP contribution in [0.15, 0.2) is 47.5 Å². The zero-order chi connectivity index (χ0) is 20.9. The fourth-order valence-corrected chi connectivity index (χ4v) is 3.40. The van der Waals surface area contributed by atoms with Crippen molar-refractivity contribution in [2.24, 2.45) is 0 Å². The first-order chi connectivity index (χ1) is 14.2. The number of aryl methyl sites for hydroxylation is 1. The summed E-state index contributed by atoms with van der Waals surface area (Å²) in [6.45, 7) is 3.20. The van der Waals surface area contributed by atoms with Crippen LogP contribution in [-0.4, -0.2) is 43.9 Å². The van der Waals surface area contributed by atoms with Gasteiger partial charge in [0.15, 0.2) is 0 Å². The predicted molar refractivity (Wildman–Crippen MR) is 118 cm³/mol. The predicted octanol–water partition coefficient (Wildman–Crippen LogP) is 4.17. The monoisotopic (exact) mass is 417 g/mol. The number of carbonyl (C=O) groups excluding carboxylic acids is 1. The third kappa shape index (κ3) is 9.41. The van der Waals surface area contributed by atoms with Crippen molar-refractivity contribution >= 4 is 23.9 Å². The molecule has 1 aliphatic rings. The molecule has 1 fully saturated rings. The van der Waals surface area contributed by atoms with Crippen molar-refractivity contribution in [3.05, 3.63) is 53.7 Å². The second-order valence-electron chi connectivity index (χ2n) is 6.78. The molecular formula is C22H31N3O3S. The number of anilines is 1. The minimum absolute atomic E-state index is 0.419. The molecule has 6 nitrogen and oxygen atoms in total. The van der Waals surface area contributed by atoms with Gasteiger partial charge in [-0.05, 0) is 55.5 Å². The molecule has 1 heterocycles. The lowest BCUT2D eigenvalue weighted by molar-refractivity contribution is -0.113. The third-order valence-electron chi connectivity index (χ3n) is 4.18. The maximum atomic E-state index is 11.1. The fraction of sp³-hybridized carbons (Fsp3) is 0.455. The second kappa shape index (κ2) is 13.3. The van der Waals surface area contributed by atoms with Crippen LogP contribution in [0.5, 0.6) is 0 Å². The van der Waals surface area contributed by atoms with Gasteiger partial charge >= 0.3 is 0 Å². The van der Waals surface area contributed by atoms with E-state index in [0.29, 0.717) is 13.2 Å². The Morgan fingerprint density at radius 2 is 1.97 bits per heavy atom. The Labute approximate surface area is 177 Å². The number of carbonyl (C=O) groups is 1. The first kappa shape index (κ1) is 23.3. The van der Waals surface area contributed by atoms with Crippen LogP contribution in [0.1, 0.15) is 36.4 Å². The second-order valence-corrected chi connectivity index (χ2v) is 8.16. The SMILES string of the molecule is CNc1ccc(C)cn1.COCCCONC(C=O)c1ccc(SC2CC2)cc1. The first-order valence-corrected chi connectivity index (χ1v) is 10.7. The molecule has 1 unspecified atom stereocenters. The third-order valence-corrected chi connectivity index (χ3v) is 5.52. The Morgan fingerprint density at radius 3 is 2.52 bits per heavy atom. The zero-order valence-corrected chi connectivity index (χ0v) is 18.2. The van der Waals surface area contributed by atoms with E-state index >= 15 is 0 Å². The number of thioether (sulfide) groups is 1. The molecule has 0 aliphatic heterocycles. The summed E-state index contributed by atoms with van der Waals surface area (Å²) in [5.74, 6) is 0.917. The Balaban J connectivity index is 0.000000278. The summed E-state index contributed by atoms with van der Waals surface area (Å²) in [4.78, 5) is 21.8. The molecule has 158 valence electrons. The number of aldehydes is 1. The van der Waals surface area contributed by atoms with Gasteiger partial charge in [0.25, 0.3) is 0 Å². The lowest BCUT2D eigenvalue weighted by Crippen LogP contribution is -2.23. The summed E-state index contributed by atoms with van der Waals surface area (Å²) >= 11 is 1.91. The number of ether oxygens (including phenoxy) is 1. The number of methoxy groups -OCH3 is 1. The van der Waals surface area contributed by atoms with Gasteiger partial charge in [-0.15, -0.1) is 11.8 Å². The normalized spacial score (nSPS) is 13.9. The van der Waals surface area contributed by atoms with Crippen molar-refractivity contribution in [1.29, 1.82) is 0 Å². The van der Waals surface area contributed by atoms with Crippen LogP contribution in [0.2, 0.25) is 0 Å². The van der Waals surface area contributed by atoms with Crippen LogP contribution in [0.3, 0.4) is 0 Å². The largest absolute Gasteiger partial charge is 0.385 e. The number of nitrogens with one attached hydrogen (secondary N) is 2. The minimum Gasteiger partial charge on any atom is -0.385 e. The fourth-order valence-electron chi connectivity index (χ4n) is 2.35. The van der Waals surface area contributed by atoms with Crippen molar-refractivity contribution in [2.45, 2.75) is 42.4 Å². The highest BCUT2D eigenvalue weighted by Gasteiger charge is 2.22. The maximum absolute atomic E-state index is 11.1. The molecule has 0 spiro atoms. The molecule has 1 atom stereocenters. The van der Waals surface area contributed by atoms with E-state index in [1.54, 1.807) is 7.11 Å². The Kier molecular flexibility index (Phi) is 10.7. The number of nitrogens with zero attached hydrogens (tertiary/aromatic N) is 1. The summed E-state index contributed by atoms with van der Waals surface area (Å²) in [6, 6.07) is 11.7. The van der Waals surface area contributed by atoms with Crippen molar-refractivity contribution in [3.8, 4) is 0 Å². The number of aromatic nitrogens is 1. The van der Waals surface area contributed by atoms with E-state index in [0.717, 1.165) is 29.3 Å². The van der Waals surface area contributed by atoms with Crippen LogP contribution in [0, 0.1) is 6.92 Å². The number of hydrogen-bond donors (Lipinski definition) is 2. The van der Waals surface area contributed by atoms with E-state index in [9.17, 15) is 4.79 Å². The van der Waals surface area contributed by atoms with Crippen molar-refractivity contribution in [3.63, 3.8) is 0 Å². The molecule has 0 amide bonds. The minimum atomic E-state index is -0.419. The molecule has 1 aromatic heterocycles. The van der Waals surface area contributed by atoms with E-state index in [2.05, 4.69) is 27.9 Å². The Morgan fingerprint density at radius 1 is 1.21 bits per heavy atom. The van der Waals surface area contributed by atoms with Gasteiger partial charge in [0.2, 0.25) is 0 Å². The Bertz CT molecular complexity index is 706. The van der Waals surface area contributed by atoms with E-state index in [1.165, 1.54) is 23.3 Å². The van der Waals surface area contributed by atoms with Crippen LogP contribution in [0.4, 0.5) is 5.82 Å². The van der Waals surface area contributed by atoms with Gasteiger partial charge in [-0.3, -0.25) is 0 Å². The van der Waals surface area contributed by atoms with Gasteiger partial charge in [0, 0.05) is 37.1 Å². The van der Waals surface area contributed by atoms with Gasteiger partial charge in [0.05, 0.1) is 6.61 Å². The van der Waals surface area contributed by atoms with E-state index in [-0.39, 0.29) is 0 Å². The van der Waals surface area contributed by atoms with Gasteiger partial charge in [0.1, 0.15) is 18.1 Å². The quantitative estimate of drug-likeness (QED) is 0.323. The molecule has 29 heavy (non-hydrogen) atoms. The van der Waals surface area contributed by atoms with Gasteiger partial charge in [-0.2, -0.15) is 5.48 Å². The molecule has 7 heteroatoms. The highest BCUT2D eigenvalue weighted by Crippen LogP contribution is 2.39. The average Bonchev–Trinajstić information content (AvgIpc) is 3.57. The topological polar surface area (TPSA) is 72.5 Å². The maximum Gasteiger partial charge on any atom is 0.143 e. The van der Waals surface area contributed by atoms with Crippen LogP contribution in [-0.2, 0) is 14.4 Å². The van der Waals surface area contributed by atoms with Gasteiger partial charge in [-0.25, -0.2) is 4.98 Å². The summed E-state index contributed by atoms with van der Waals surface area (Å²) in [7, 11) is 3.51. The van der Waals surface area contributed by atoms with Crippen LogP contribution in [0.25, 0.3) is 0 Å². The molecule has 2 aromatic rings. The highest BCUT2D eigenvalue weighted by molar-refractivity contribution is 8.00. The smallest absolute Gasteiger partial charge is 0.143 e. The lowest BCUT2D eigenvalue weighted by Gasteiger charge is -2.13. The molecular weight excluding hydrogens is 386 g/mol. The van der Waals surface area contributed by atoms with E-state index < -0.39 is 6.04 Å². The van der Waals surface area contributed by atoms with Gasteiger partial charge < -0.3 is 19.7 Å². The molecule has 1 saturated carbocycles. The summed E-state index contributed by atoms with van der Waals surface area (Å²) in [5, 5.41) is 3.74. The molecule has 0 bridgehead atoms. The number of benzene rings is 1. The number of pyridine rings is 1. The van der Waals surface area contributed by atoms with Gasteiger partial charge in [-0.1, -0.05) is 18.2 Å². The summed E-state index contributed by atoms with van der Waals surface area (Å²) < 4.78 is 4.93.